The van der Waals surface area contributed by atoms with Crippen LogP contribution in [0.15, 0.2) is 54.6 Å². The monoisotopic (exact) mass is 388 g/mol. The van der Waals surface area contributed by atoms with Crippen LogP contribution in [-0.4, -0.2) is 23.5 Å². The Morgan fingerprint density at radius 2 is 1.76 bits per heavy atom. The highest BCUT2D eigenvalue weighted by atomic mass is 16.5. The molecule has 5 heteroatoms. The number of esters is 1. The third kappa shape index (κ3) is 4.14. The van der Waals surface area contributed by atoms with E-state index in [1.165, 1.54) is 0 Å². The second-order valence-electron chi connectivity index (χ2n) is 7.41. The van der Waals surface area contributed by atoms with Gasteiger partial charge in [-0.2, -0.15) is 0 Å². The minimum atomic E-state index is -0.454. The van der Waals surface area contributed by atoms with Gasteiger partial charge in [0.1, 0.15) is 0 Å². The lowest BCUT2D eigenvalue weighted by Gasteiger charge is -2.20. The van der Waals surface area contributed by atoms with E-state index in [0.717, 1.165) is 53.4 Å². The predicted octanol–water partition coefficient (Wildman–Crippen LogP) is 4.15. The topological polar surface area (TPSA) is 68.3 Å². The highest BCUT2D eigenvalue weighted by Crippen LogP contribution is 2.29. The van der Waals surface area contributed by atoms with Crippen LogP contribution in [0.4, 0.5) is 0 Å². The van der Waals surface area contributed by atoms with Gasteiger partial charge in [0.25, 0.3) is 5.91 Å². The highest BCUT2D eigenvalue weighted by molar-refractivity contribution is 6.05. The molecular weight excluding hydrogens is 364 g/mol. The van der Waals surface area contributed by atoms with Gasteiger partial charge in [0.15, 0.2) is 6.61 Å². The Bertz CT molecular complexity index is 1050. The molecule has 4 rings (SSSR count). The Hall–Kier alpha value is -3.21. The standard InChI is InChI=1S/C24H24N2O3/c1-16(17-9-3-2-4-10-17)25-22(27)15-29-24(28)23-18-11-5-7-13-20(18)26-21-14-8-6-12-19(21)23/h2-5,7,9-11,13,16H,6,8,12,14-15H2,1H3,(H,25,27). The summed E-state index contributed by atoms with van der Waals surface area (Å²) in [4.78, 5) is 30.0. The fourth-order valence-corrected chi connectivity index (χ4v) is 3.92. The number of amides is 1. The van der Waals surface area contributed by atoms with Gasteiger partial charge in [0, 0.05) is 11.1 Å². The van der Waals surface area contributed by atoms with E-state index in [1.807, 2.05) is 61.5 Å². The second kappa shape index (κ2) is 8.43. The number of aryl methyl sites for hydroxylation is 1. The average Bonchev–Trinajstić information content (AvgIpc) is 2.76. The minimum Gasteiger partial charge on any atom is -0.452 e. The van der Waals surface area contributed by atoms with Crippen LogP contribution in [0.25, 0.3) is 10.9 Å². The van der Waals surface area contributed by atoms with Gasteiger partial charge in [0.05, 0.1) is 17.1 Å². The molecule has 1 aliphatic rings. The summed E-state index contributed by atoms with van der Waals surface area (Å²) in [6, 6.07) is 17.1. The third-order valence-electron chi connectivity index (χ3n) is 5.38. The lowest BCUT2D eigenvalue weighted by Crippen LogP contribution is -2.31. The van der Waals surface area contributed by atoms with Crippen molar-refractivity contribution in [2.24, 2.45) is 0 Å². The maximum absolute atomic E-state index is 13.0. The molecule has 5 nitrogen and oxygen atoms in total. The van der Waals surface area contributed by atoms with Gasteiger partial charge in [-0.3, -0.25) is 9.78 Å². The number of carbonyl (C=O) groups excluding carboxylic acids is 2. The molecule has 2 aromatic carbocycles. The third-order valence-corrected chi connectivity index (χ3v) is 5.38. The molecule has 1 aliphatic carbocycles. The van der Waals surface area contributed by atoms with Crippen molar-refractivity contribution < 1.29 is 14.3 Å². The van der Waals surface area contributed by atoms with Crippen molar-refractivity contribution >= 4 is 22.8 Å². The number of rotatable bonds is 5. The van der Waals surface area contributed by atoms with E-state index in [2.05, 4.69) is 5.32 Å². The average molecular weight is 388 g/mol. The number of ether oxygens (including phenoxy) is 1. The molecule has 1 aromatic heterocycles. The van der Waals surface area contributed by atoms with Crippen LogP contribution in [0.5, 0.6) is 0 Å². The number of benzene rings is 2. The molecular formula is C24H24N2O3. The first-order valence-corrected chi connectivity index (χ1v) is 10.1. The van der Waals surface area contributed by atoms with Gasteiger partial charge >= 0.3 is 5.97 Å². The number of hydrogen-bond donors (Lipinski definition) is 1. The molecule has 29 heavy (non-hydrogen) atoms. The van der Waals surface area contributed by atoms with Gasteiger partial charge < -0.3 is 10.1 Å². The molecule has 3 aromatic rings. The van der Waals surface area contributed by atoms with E-state index in [4.69, 9.17) is 9.72 Å². The summed E-state index contributed by atoms with van der Waals surface area (Å²) in [7, 11) is 0. The summed E-state index contributed by atoms with van der Waals surface area (Å²) in [6.07, 6.45) is 3.79. The van der Waals surface area contributed by atoms with Crippen molar-refractivity contribution in [3.05, 3.63) is 77.0 Å². The van der Waals surface area contributed by atoms with E-state index in [1.54, 1.807) is 0 Å². The van der Waals surface area contributed by atoms with Crippen molar-refractivity contribution in [1.82, 2.24) is 10.3 Å². The molecule has 1 N–H and O–H groups in total. The quantitative estimate of drug-likeness (QED) is 0.667. The molecule has 0 aliphatic heterocycles. The molecule has 1 atom stereocenters. The highest BCUT2D eigenvalue weighted by Gasteiger charge is 2.24. The normalized spacial score (nSPS) is 14.1. The number of nitrogens with one attached hydrogen (secondary N) is 1. The Morgan fingerprint density at radius 1 is 1.03 bits per heavy atom. The predicted molar refractivity (Wildman–Crippen MR) is 112 cm³/mol. The van der Waals surface area contributed by atoms with E-state index >= 15 is 0 Å². The summed E-state index contributed by atoms with van der Waals surface area (Å²) in [5.74, 6) is -0.772. The van der Waals surface area contributed by atoms with Gasteiger partial charge in [-0.05, 0) is 49.8 Å². The van der Waals surface area contributed by atoms with Crippen LogP contribution >= 0.6 is 0 Å². The Balaban J connectivity index is 1.50. The van der Waals surface area contributed by atoms with Crippen LogP contribution in [0.2, 0.25) is 0 Å². The molecule has 0 saturated heterocycles. The molecule has 1 unspecified atom stereocenters. The SMILES string of the molecule is CC(NC(=O)COC(=O)c1c2c(nc3ccccc13)CCCC2)c1ccccc1. The molecule has 1 heterocycles. The lowest BCUT2D eigenvalue weighted by atomic mass is 9.90. The van der Waals surface area contributed by atoms with E-state index in [9.17, 15) is 9.59 Å². The summed E-state index contributed by atoms with van der Waals surface area (Å²) < 4.78 is 5.42. The van der Waals surface area contributed by atoms with Crippen molar-refractivity contribution in [3.8, 4) is 0 Å². The van der Waals surface area contributed by atoms with Crippen LogP contribution in [-0.2, 0) is 22.4 Å². The fourth-order valence-electron chi connectivity index (χ4n) is 3.92. The van der Waals surface area contributed by atoms with Crippen molar-refractivity contribution in [1.29, 1.82) is 0 Å². The van der Waals surface area contributed by atoms with Crippen LogP contribution in [0.3, 0.4) is 0 Å². The molecule has 0 fully saturated rings. The first kappa shape index (κ1) is 19.1. The van der Waals surface area contributed by atoms with Crippen molar-refractivity contribution in [2.75, 3.05) is 6.61 Å². The first-order chi connectivity index (χ1) is 14.1. The van der Waals surface area contributed by atoms with Gasteiger partial charge in [0.2, 0.25) is 0 Å². The molecule has 148 valence electrons. The summed E-state index contributed by atoms with van der Waals surface area (Å²) in [5, 5.41) is 3.66. The Labute approximate surface area is 170 Å². The maximum atomic E-state index is 13.0. The summed E-state index contributed by atoms with van der Waals surface area (Å²) in [6.45, 7) is 1.60. The zero-order valence-electron chi connectivity index (χ0n) is 16.5. The Morgan fingerprint density at radius 3 is 2.59 bits per heavy atom. The number of para-hydroxylation sites is 1. The molecule has 0 radical (unpaired) electrons. The largest absolute Gasteiger partial charge is 0.452 e. The maximum Gasteiger partial charge on any atom is 0.339 e. The molecule has 0 bridgehead atoms. The lowest BCUT2D eigenvalue weighted by molar-refractivity contribution is -0.124. The van der Waals surface area contributed by atoms with E-state index in [-0.39, 0.29) is 18.6 Å². The number of pyridine rings is 1. The zero-order valence-corrected chi connectivity index (χ0v) is 16.5. The molecule has 0 saturated carbocycles. The van der Waals surface area contributed by atoms with Gasteiger partial charge in [-0.15, -0.1) is 0 Å². The van der Waals surface area contributed by atoms with Crippen LogP contribution < -0.4 is 5.32 Å². The fraction of sp³-hybridized carbons (Fsp3) is 0.292. The van der Waals surface area contributed by atoms with E-state index in [0.29, 0.717) is 5.56 Å². The van der Waals surface area contributed by atoms with Crippen molar-refractivity contribution in [2.45, 2.75) is 38.6 Å². The number of carbonyl (C=O) groups is 2. The van der Waals surface area contributed by atoms with Crippen molar-refractivity contribution in [3.63, 3.8) is 0 Å². The molecule has 0 spiro atoms. The van der Waals surface area contributed by atoms with E-state index < -0.39 is 5.97 Å². The zero-order chi connectivity index (χ0) is 20.2. The minimum absolute atomic E-state index is 0.156. The number of hydrogen-bond acceptors (Lipinski definition) is 4. The first-order valence-electron chi connectivity index (χ1n) is 10.1. The summed E-state index contributed by atoms with van der Waals surface area (Å²) >= 11 is 0. The van der Waals surface area contributed by atoms with Gasteiger partial charge in [-0.1, -0.05) is 48.5 Å². The van der Waals surface area contributed by atoms with Crippen LogP contribution in [0, 0.1) is 0 Å². The summed E-state index contributed by atoms with van der Waals surface area (Å²) in [5.41, 5.74) is 4.31. The number of nitrogens with zero attached hydrogens (tertiary/aromatic N) is 1. The second-order valence-corrected chi connectivity index (χ2v) is 7.41. The molecule has 1 amide bonds. The van der Waals surface area contributed by atoms with Gasteiger partial charge in [-0.25, -0.2) is 4.79 Å². The van der Waals surface area contributed by atoms with Crippen LogP contribution in [0.1, 0.15) is 53.0 Å². The smallest absolute Gasteiger partial charge is 0.339 e. The Kier molecular flexibility index (Phi) is 5.56. The number of aromatic nitrogens is 1. The number of fused-ring (bicyclic) bond motifs is 2.